The molecule has 0 aliphatic heterocycles. The van der Waals surface area contributed by atoms with Crippen LogP contribution in [0.15, 0.2) is 107 Å². The van der Waals surface area contributed by atoms with Gasteiger partial charge in [-0.1, -0.05) is 48.5 Å². The number of ketones is 4. The molecular weight excluding hydrogens is 568 g/mol. The number of benzene rings is 6. The fraction of sp³-hybridized carbons (Fsp3) is 0.0526. The van der Waals surface area contributed by atoms with Crippen LogP contribution in [0.25, 0.3) is 21.5 Å². The number of rotatable bonds is 2. The summed E-state index contributed by atoms with van der Waals surface area (Å²) in [6, 6.07) is 28.5. The monoisotopic (exact) mass is 590 g/mol. The molecule has 6 aromatic carbocycles. The van der Waals surface area contributed by atoms with Crippen LogP contribution >= 0.6 is 0 Å². The molecule has 5 nitrogen and oxygen atoms in total. The molecule has 0 radical (unpaired) electrons. The lowest BCUT2D eigenvalue weighted by molar-refractivity contribution is 0.0978. The van der Waals surface area contributed by atoms with Crippen molar-refractivity contribution >= 4 is 55.9 Å². The van der Waals surface area contributed by atoms with Crippen molar-refractivity contribution in [2.45, 2.75) is 23.6 Å². The maximum Gasteiger partial charge on any atom is 0.194 e. The molecule has 6 aromatic rings. The van der Waals surface area contributed by atoms with E-state index in [1.165, 1.54) is 0 Å². The summed E-state index contributed by atoms with van der Waals surface area (Å²) in [6.07, 6.45) is 0. The van der Waals surface area contributed by atoms with Gasteiger partial charge in [-0.05, 0) is 83.9 Å². The first-order chi connectivity index (χ1) is 21.2. The Morgan fingerprint density at radius 3 is 1.09 bits per heavy atom. The Hall–Kier alpha value is -5.17. The second-order valence-electron chi connectivity index (χ2n) is 11.3. The zero-order valence-electron chi connectivity index (χ0n) is 23.7. The van der Waals surface area contributed by atoms with Gasteiger partial charge in [0, 0.05) is 66.8 Å². The van der Waals surface area contributed by atoms with E-state index >= 15 is 0 Å². The second kappa shape index (κ2) is 9.41. The third-order valence-corrected chi connectivity index (χ3v) is 10.6. The topological polar surface area (TPSA) is 91.3 Å². The van der Waals surface area contributed by atoms with Gasteiger partial charge >= 0.3 is 0 Å². The maximum atomic E-state index is 14.2. The molecule has 0 unspecified atom stereocenters. The summed E-state index contributed by atoms with van der Waals surface area (Å²) in [5.74, 6) is -1.07. The molecule has 2 aliphatic carbocycles. The highest BCUT2D eigenvalue weighted by Crippen LogP contribution is 2.39. The molecule has 44 heavy (non-hydrogen) atoms. The highest BCUT2D eigenvalue weighted by atomic mass is 32.2. The fourth-order valence-corrected chi connectivity index (χ4v) is 8.04. The Labute approximate surface area is 255 Å². The molecule has 0 aromatic heterocycles. The van der Waals surface area contributed by atoms with Crippen molar-refractivity contribution in [2.75, 3.05) is 0 Å². The predicted octanol–water partition coefficient (Wildman–Crippen LogP) is 7.33. The van der Waals surface area contributed by atoms with Gasteiger partial charge in [-0.25, -0.2) is 0 Å². The molecular formula is C38H22O5S. The van der Waals surface area contributed by atoms with Gasteiger partial charge in [0.05, 0.1) is 0 Å². The summed E-state index contributed by atoms with van der Waals surface area (Å²) in [5, 5.41) is 3.45. The molecule has 0 bridgehead atoms. The zero-order chi connectivity index (χ0) is 30.4. The smallest absolute Gasteiger partial charge is 0.194 e. The highest BCUT2D eigenvalue weighted by Gasteiger charge is 2.37. The first-order valence-electron chi connectivity index (χ1n) is 14.2. The number of carbonyl (C=O) groups excluding carboxylic acids is 4. The van der Waals surface area contributed by atoms with Crippen molar-refractivity contribution in [1.82, 2.24) is 0 Å². The van der Waals surface area contributed by atoms with Crippen LogP contribution in [0.3, 0.4) is 0 Å². The van der Waals surface area contributed by atoms with Crippen LogP contribution in [0.2, 0.25) is 0 Å². The summed E-state index contributed by atoms with van der Waals surface area (Å²) in [5.41, 5.74) is 3.32. The van der Waals surface area contributed by atoms with Crippen molar-refractivity contribution in [1.29, 1.82) is 0 Å². The van der Waals surface area contributed by atoms with Crippen LogP contribution in [-0.2, 0) is 11.2 Å². The molecule has 0 heterocycles. The maximum absolute atomic E-state index is 14.2. The first-order valence-corrected chi connectivity index (χ1v) is 15.3. The van der Waals surface area contributed by atoms with Crippen molar-refractivity contribution in [3.63, 3.8) is 0 Å². The van der Waals surface area contributed by atoms with E-state index < -0.39 is 11.2 Å². The Morgan fingerprint density at radius 2 is 0.750 bits per heavy atom. The molecule has 0 saturated heterocycles. The van der Waals surface area contributed by atoms with Gasteiger partial charge < -0.3 is 4.55 Å². The largest absolute Gasteiger partial charge is 0.606 e. The number of hydrogen-bond donors (Lipinski definition) is 0. The molecule has 0 spiro atoms. The van der Waals surface area contributed by atoms with E-state index in [-0.39, 0.29) is 45.4 Å². The minimum absolute atomic E-state index is 0.242. The van der Waals surface area contributed by atoms with Crippen molar-refractivity contribution in [3.05, 3.63) is 153 Å². The molecule has 0 amide bonds. The van der Waals surface area contributed by atoms with Gasteiger partial charge in [0.2, 0.25) is 0 Å². The summed E-state index contributed by atoms with van der Waals surface area (Å²) >= 11 is -1.81. The van der Waals surface area contributed by atoms with Crippen molar-refractivity contribution in [2.24, 2.45) is 0 Å². The van der Waals surface area contributed by atoms with Crippen molar-refractivity contribution in [3.8, 4) is 0 Å². The van der Waals surface area contributed by atoms with Gasteiger partial charge in [0.15, 0.2) is 32.9 Å². The molecule has 210 valence electrons. The van der Waals surface area contributed by atoms with Crippen LogP contribution in [0, 0.1) is 13.8 Å². The molecule has 0 saturated carbocycles. The Bertz CT molecular complexity index is 2180. The lowest BCUT2D eigenvalue weighted by atomic mass is 9.81. The van der Waals surface area contributed by atoms with E-state index in [9.17, 15) is 23.7 Å². The quantitative estimate of drug-likeness (QED) is 0.197. The van der Waals surface area contributed by atoms with Crippen LogP contribution in [-0.4, -0.2) is 27.7 Å². The average Bonchev–Trinajstić information content (AvgIpc) is 3.04. The average molecular weight is 591 g/mol. The van der Waals surface area contributed by atoms with Crippen LogP contribution in [0.5, 0.6) is 0 Å². The molecule has 0 N–H and O–H groups in total. The van der Waals surface area contributed by atoms with E-state index in [0.29, 0.717) is 43.2 Å². The van der Waals surface area contributed by atoms with Crippen LogP contribution in [0.1, 0.15) is 74.8 Å². The molecule has 6 heteroatoms. The SMILES string of the molecule is Cc1c([S+]([O-])c2ccc3c(c2C)C(=O)c2cc4ccccc4cc2C3=O)ccc2c1C(=O)c1cc3ccccc3cc1C2=O. The zero-order valence-corrected chi connectivity index (χ0v) is 24.5. The minimum Gasteiger partial charge on any atom is -0.606 e. The molecule has 2 aliphatic rings. The van der Waals surface area contributed by atoms with Gasteiger partial charge in [-0.15, -0.1) is 0 Å². The fourth-order valence-electron chi connectivity index (χ4n) is 6.66. The van der Waals surface area contributed by atoms with E-state index in [1.54, 1.807) is 62.4 Å². The summed E-state index contributed by atoms with van der Waals surface area (Å²) in [6.45, 7) is 3.40. The minimum atomic E-state index is -1.81. The van der Waals surface area contributed by atoms with Crippen LogP contribution < -0.4 is 0 Å². The second-order valence-corrected chi connectivity index (χ2v) is 12.7. The Kier molecular flexibility index (Phi) is 5.66. The van der Waals surface area contributed by atoms with Gasteiger partial charge in [-0.2, -0.15) is 0 Å². The standard InChI is InChI=1S/C38H22O5S/c1-19-31(13-11-25-33(19)37(41)29-17-23-9-5-3-7-21(23)15-27(29)35(25)39)44(43)32-14-12-26-34(20(32)2)38(42)30-18-24-10-6-4-8-22(24)16-28(30)36(26)40/h3-18H,1-2H3. The predicted molar refractivity (Wildman–Crippen MR) is 169 cm³/mol. The molecule has 8 rings (SSSR count). The van der Waals surface area contributed by atoms with E-state index in [2.05, 4.69) is 0 Å². The van der Waals surface area contributed by atoms with E-state index in [4.69, 9.17) is 0 Å². The Balaban J connectivity index is 1.23. The van der Waals surface area contributed by atoms with Gasteiger partial charge in [-0.3, -0.25) is 19.2 Å². The third-order valence-electron chi connectivity index (χ3n) is 8.92. The highest BCUT2D eigenvalue weighted by molar-refractivity contribution is 7.91. The molecule has 0 fully saturated rings. The van der Waals surface area contributed by atoms with Crippen molar-refractivity contribution < 1.29 is 23.7 Å². The van der Waals surface area contributed by atoms with Gasteiger partial charge in [0.25, 0.3) is 0 Å². The third kappa shape index (κ3) is 3.59. The van der Waals surface area contributed by atoms with Gasteiger partial charge in [0.1, 0.15) is 0 Å². The molecule has 0 atom stereocenters. The number of fused-ring (bicyclic) bond motifs is 6. The summed E-state index contributed by atoms with van der Waals surface area (Å²) < 4.78 is 14.2. The first kappa shape index (κ1) is 26.5. The van der Waals surface area contributed by atoms with E-state index in [1.807, 2.05) is 48.5 Å². The number of carbonyl (C=O) groups is 4. The van der Waals surface area contributed by atoms with E-state index in [0.717, 1.165) is 21.5 Å². The Morgan fingerprint density at radius 1 is 0.432 bits per heavy atom. The lowest BCUT2D eigenvalue weighted by Gasteiger charge is -2.24. The summed E-state index contributed by atoms with van der Waals surface area (Å²) in [7, 11) is 0. The van der Waals surface area contributed by atoms with Crippen LogP contribution in [0.4, 0.5) is 0 Å². The summed E-state index contributed by atoms with van der Waals surface area (Å²) in [4.78, 5) is 55.6. The normalized spacial score (nSPS) is 13.7. The number of hydrogen-bond acceptors (Lipinski definition) is 5. The lowest BCUT2D eigenvalue weighted by Crippen LogP contribution is -2.24.